The maximum Gasteiger partial charge on any atom is 0.227 e. The maximum absolute atomic E-state index is 12.0. The van der Waals surface area contributed by atoms with E-state index in [-0.39, 0.29) is 24.0 Å². The van der Waals surface area contributed by atoms with Crippen molar-refractivity contribution in [2.75, 3.05) is 13.2 Å². The Hall–Kier alpha value is -1.39. The molecule has 1 aliphatic rings. The normalized spacial score (nSPS) is 18.1. The van der Waals surface area contributed by atoms with E-state index in [9.17, 15) is 9.90 Å². The van der Waals surface area contributed by atoms with Crippen molar-refractivity contribution in [3.8, 4) is 0 Å². The monoisotopic (exact) mass is 248 g/mol. The molecule has 1 aromatic rings. The molecule has 4 heteroatoms. The Morgan fingerprint density at radius 2 is 2.06 bits per heavy atom. The third-order valence-electron chi connectivity index (χ3n) is 3.61. The summed E-state index contributed by atoms with van der Waals surface area (Å²) in [6.07, 6.45) is 2.36. The molecule has 0 spiro atoms. The van der Waals surface area contributed by atoms with Crippen molar-refractivity contribution in [3.05, 3.63) is 35.9 Å². The second kappa shape index (κ2) is 5.50. The average Bonchev–Trinajstić information content (AvgIpc) is 3.20. The van der Waals surface area contributed by atoms with Gasteiger partial charge in [-0.3, -0.25) is 4.79 Å². The van der Waals surface area contributed by atoms with Gasteiger partial charge in [-0.15, -0.1) is 0 Å². The number of rotatable bonds is 6. The van der Waals surface area contributed by atoms with Gasteiger partial charge in [-0.1, -0.05) is 30.3 Å². The molecule has 0 aromatic heterocycles. The van der Waals surface area contributed by atoms with Gasteiger partial charge in [0.15, 0.2) is 0 Å². The van der Waals surface area contributed by atoms with E-state index < -0.39 is 0 Å². The minimum absolute atomic E-state index is 0.0139. The van der Waals surface area contributed by atoms with E-state index in [4.69, 9.17) is 5.73 Å². The number of hydrogen-bond acceptors (Lipinski definition) is 3. The third kappa shape index (κ3) is 2.89. The molecule has 1 fully saturated rings. The van der Waals surface area contributed by atoms with Gasteiger partial charge in [0.2, 0.25) is 5.91 Å². The quantitative estimate of drug-likeness (QED) is 0.684. The highest BCUT2D eigenvalue weighted by atomic mass is 16.3. The fourth-order valence-corrected chi connectivity index (χ4v) is 2.07. The van der Waals surface area contributed by atoms with Crippen LogP contribution in [0.5, 0.6) is 0 Å². The zero-order valence-corrected chi connectivity index (χ0v) is 10.4. The molecule has 1 amide bonds. The third-order valence-corrected chi connectivity index (χ3v) is 3.61. The smallest absolute Gasteiger partial charge is 0.227 e. The number of nitrogens with one attached hydrogen (secondary N) is 1. The lowest BCUT2D eigenvalue weighted by Crippen LogP contribution is -2.45. The number of carbonyl (C=O) groups excluding carboxylic acids is 1. The second-order valence-electron chi connectivity index (χ2n) is 5.03. The van der Waals surface area contributed by atoms with E-state index in [2.05, 4.69) is 5.32 Å². The second-order valence-corrected chi connectivity index (χ2v) is 5.03. The molecule has 0 bridgehead atoms. The van der Waals surface area contributed by atoms with Crippen LogP contribution in [0.15, 0.2) is 30.3 Å². The lowest BCUT2D eigenvalue weighted by atomic mass is 10.0. The van der Waals surface area contributed by atoms with E-state index in [1.54, 1.807) is 0 Å². The molecular weight excluding hydrogens is 228 g/mol. The van der Waals surface area contributed by atoms with Crippen LogP contribution in [0, 0.1) is 5.41 Å². The molecule has 1 aromatic carbocycles. The first-order valence-electron chi connectivity index (χ1n) is 6.36. The van der Waals surface area contributed by atoms with Crippen molar-refractivity contribution in [3.63, 3.8) is 0 Å². The predicted octanol–water partition coefficient (Wildman–Crippen LogP) is 0.445. The van der Waals surface area contributed by atoms with Crippen LogP contribution in [0.1, 0.15) is 18.4 Å². The number of hydrogen-bond donors (Lipinski definition) is 3. The summed E-state index contributed by atoms with van der Waals surface area (Å²) in [4.78, 5) is 12.0. The minimum Gasteiger partial charge on any atom is -0.394 e. The van der Waals surface area contributed by atoms with Gasteiger partial charge < -0.3 is 16.2 Å². The predicted molar refractivity (Wildman–Crippen MR) is 69.9 cm³/mol. The van der Waals surface area contributed by atoms with Crippen LogP contribution in [-0.2, 0) is 11.2 Å². The van der Waals surface area contributed by atoms with Gasteiger partial charge in [-0.2, -0.15) is 0 Å². The number of aliphatic hydroxyl groups excluding tert-OH is 1. The summed E-state index contributed by atoms with van der Waals surface area (Å²) in [6, 6.07) is 9.60. The first kappa shape index (κ1) is 13.1. The summed E-state index contributed by atoms with van der Waals surface area (Å²) in [5, 5.41) is 12.2. The van der Waals surface area contributed by atoms with Gasteiger partial charge in [0.05, 0.1) is 18.1 Å². The van der Waals surface area contributed by atoms with Crippen LogP contribution < -0.4 is 11.1 Å². The molecule has 1 saturated carbocycles. The van der Waals surface area contributed by atoms with Crippen LogP contribution in [0.4, 0.5) is 0 Å². The summed E-state index contributed by atoms with van der Waals surface area (Å²) in [6.45, 7) is 0.337. The van der Waals surface area contributed by atoms with E-state index >= 15 is 0 Å². The van der Waals surface area contributed by atoms with Gasteiger partial charge >= 0.3 is 0 Å². The summed E-state index contributed by atoms with van der Waals surface area (Å²) in [5.74, 6) is -0.0139. The van der Waals surface area contributed by atoms with Crippen LogP contribution >= 0.6 is 0 Å². The summed E-state index contributed by atoms with van der Waals surface area (Å²) >= 11 is 0. The van der Waals surface area contributed by atoms with Gasteiger partial charge in [0, 0.05) is 6.54 Å². The SMILES string of the molecule is NCC1(C(=O)N[C@H](CO)Cc2ccccc2)CC1. The van der Waals surface area contributed by atoms with Crippen molar-refractivity contribution < 1.29 is 9.90 Å². The molecule has 1 aliphatic carbocycles. The molecule has 4 N–H and O–H groups in total. The van der Waals surface area contributed by atoms with Crippen LogP contribution in [-0.4, -0.2) is 30.2 Å². The highest BCUT2D eigenvalue weighted by Gasteiger charge is 2.48. The molecular formula is C14H20N2O2. The van der Waals surface area contributed by atoms with Crippen molar-refractivity contribution in [2.24, 2.45) is 11.1 Å². The first-order valence-corrected chi connectivity index (χ1v) is 6.36. The molecule has 1 atom stereocenters. The number of benzene rings is 1. The minimum atomic E-state index is -0.357. The molecule has 0 aliphatic heterocycles. The molecule has 4 nitrogen and oxygen atoms in total. The van der Waals surface area contributed by atoms with E-state index in [0.29, 0.717) is 13.0 Å². The van der Waals surface area contributed by atoms with Crippen LogP contribution in [0.2, 0.25) is 0 Å². The van der Waals surface area contributed by atoms with Crippen LogP contribution in [0.25, 0.3) is 0 Å². The molecule has 0 radical (unpaired) electrons. The first-order chi connectivity index (χ1) is 8.70. The Labute approximate surface area is 107 Å². The number of nitrogens with two attached hydrogens (primary N) is 1. The standard InChI is InChI=1S/C14H20N2O2/c15-10-14(6-7-14)13(18)16-12(9-17)8-11-4-2-1-3-5-11/h1-5,12,17H,6-10,15H2,(H,16,18)/t12-/m0/s1. The van der Waals surface area contributed by atoms with Crippen molar-refractivity contribution in [1.82, 2.24) is 5.32 Å². The molecule has 18 heavy (non-hydrogen) atoms. The molecule has 2 rings (SSSR count). The fourth-order valence-electron chi connectivity index (χ4n) is 2.07. The summed E-state index contributed by atoms with van der Waals surface area (Å²) < 4.78 is 0. The topological polar surface area (TPSA) is 75.4 Å². The lowest BCUT2D eigenvalue weighted by Gasteiger charge is -2.20. The van der Waals surface area contributed by atoms with E-state index in [1.165, 1.54) is 0 Å². The van der Waals surface area contributed by atoms with E-state index in [0.717, 1.165) is 18.4 Å². The molecule has 98 valence electrons. The largest absolute Gasteiger partial charge is 0.394 e. The summed E-state index contributed by atoms with van der Waals surface area (Å²) in [5.41, 5.74) is 6.37. The van der Waals surface area contributed by atoms with Crippen molar-refractivity contribution >= 4 is 5.91 Å². The van der Waals surface area contributed by atoms with Gasteiger partial charge in [-0.25, -0.2) is 0 Å². The maximum atomic E-state index is 12.0. The number of aliphatic hydroxyl groups is 1. The zero-order valence-electron chi connectivity index (χ0n) is 10.4. The molecule has 0 unspecified atom stereocenters. The molecule has 0 heterocycles. The van der Waals surface area contributed by atoms with Gasteiger partial charge in [0.25, 0.3) is 0 Å². The Balaban J connectivity index is 1.92. The highest BCUT2D eigenvalue weighted by Crippen LogP contribution is 2.44. The Kier molecular flexibility index (Phi) is 3.99. The van der Waals surface area contributed by atoms with Crippen LogP contribution in [0.3, 0.4) is 0 Å². The van der Waals surface area contributed by atoms with E-state index in [1.807, 2.05) is 30.3 Å². The van der Waals surface area contributed by atoms with Crippen molar-refractivity contribution in [1.29, 1.82) is 0 Å². The Morgan fingerprint density at radius 3 is 2.56 bits per heavy atom. The number of amides is 1. The van der Waals surface area contributed by atoms with Gasteiger partial charge in [0.1, 0.15) is 0 Å². The lowest BCUT2D eigenvalue weighted by molar-refractivity contribution is -0.127. The zero-order chi connectivity index (χ0) is 13.0. The highest BCUT2D eigenvalue weighted by molar-refractivity contribution is 5.85. The molecule has 0 saturated heterocycles. The Morgan fingerprint density at radius 1 is 1.39 bits per heavy atom. The Bertz CT molecular complexity index is 402. The van der Waals surface area contributed by atoms with Crippen molar-refractivity contribution in [2.45, 2.75) is 25.3 Å². The van der Waals surface area contributed by atoms with Gasteiger partial charge in [-0.05, 0) is 24.8 Å². The number of carbonyl (C=O) groups is 1. The summed E-state index contributed by atoms with van der Waals surface area (Å²) in [7, 11) is 0. The average molecular weight is 248 g/mol. The fraction of sp³-hybridized carbons (Fsp3) is 0.500.